The topological polar surface area (TPSA) is 357 Å². The standard InChI is InChI=1S/C32H49N9O13S2/c1-15(25(46)35-16(2)26(47)41-23(14-56)32(53)54)36-30(51)21(11-43)40-31(52)22(12-44)39-29(50)19(8-17-6-4-3-5-7-17)37-24(45)9-34-28(49)20(10-42)38-27(48)18(33)13-55/h3-7,15-16,18-23,42-44,55-56H,8-14,33H2,1-2H3,(H,34,49)(H,35,46)(H,36,51)(H,37,45)(H,38,48)(H,39,50)(H,40,52)(H,41,47)(H,53,54)/t15-,16-,18-,19-,20-,21-,22-,23-/m0/s1. The molecule has 0 heterocycles. The second-order valence-electron chi connectivity index (χ2n) is 12.1. The molecular weight excluding hydrogens is 783 g/mol. The number of hydrogen-bond acceptors (Lipinski definition) is 15. The van der Waals surface area contributed by atoms with E-state index < -0.39 is 128 Å². The van der Waals surface area contributed by atoms with Crippen molar-refractivity contribution in [2.24, 2.45) is 5.73 Å². The van der Waals surface area contributed by atoms with Crippen LogP contribution in [-0.2, 0) is 49.6 Å². The lowest BCUT2D eigenvalue weighted by Crippen LogP contribution is -2.60. The third-order valence-corrected chi connectivity index (χ3v) is 8.40. The zero-order valence-corrected chi connectivity index (χ0v) is 32.2. The van der Waals surface area contributed by atoms with Crippen LogP contribution < -0.4 is 48.3 Å². The molecule has 1 aromatic rings. The highest BCUT2D eigenvalue weighted by Gasteiger charge is 2.31. The highest BCUT2D eigenvalue weighted by atomic mass is 32.1. The van der Waals surface area contributed by atoms with Crippen molar-refractivity contribution in [1.82, 2.24) is 42.5 Å². The van der Waals surface area contributed by atoms with E-state index >= 15 is 0 Å². The van der Waals surface area contributed by atoms with Gasteiger partial charge in [0.05, 0.1) is 32.4 Å². The van der Waals surface area contributed by atoms with Gasteiger partial charge < -0.3 is 68.7 Å². The summed E-state index contributed by atoms with van der Waals surface area (Å²) in [5.74, 6) is -9.19. The summed E-state index contributed by atoms with van der Waals surface area (Å²) in [6.45, 7) is -1.09. The Balaban J connectivity index is 2.93. The Morgan fingerprint density at radius 3 is 1.48 bits per heavy atom. The average molecular weight is 832 g/mol. The molecule has 312 valence electrons. The maximum atomic E-state index is 13.4. The molecule has 0 radical (unpaired) electrons. The lowest BCUT2D eigenvalue weighted by atomic mass is 10.0. The summed E-state index contributed by atoms with van der Waals surface area (Å²) in [7, 11) is 0. The molecule has 0 aliphatic rings. The summed E-state index contributed by atoms with van der Waals surface area (Å²) in [5.41, 5.74) is 6.11. The SMILES string of the molecule is C[C@H](NC(=O)[C@H](C)NC(=O)[C@H](CO)NC(=O)[C@H](CO)NC(=O)[C@H](Cc1ccccc1)NC(=O)CNC(=O)[C@H](CO)NC(=O)[C@@H](N)CS)C(=O)N[C@@H](CS)C(=O)O. The maximum absolute atomic E-state index is 13.4. The van der Waals surface area contributed by atoms with Crippen molar-refractivity contribution in [3.05, 3.63) is 35.9 Å². The molecule has 0 aromatic heterocycles. The minimum absolute atomic E-state index is 0.0456. The number of carboxylic acid groups (broad SMARTS) is 1. The molecule has 0 saturated heterocycles. The summed E-state index contributed by atoms with van der Waals surface area (Å²) in [4.78, 5) is 113. The molecule has 0 spiro atoms. The number of rotatable bonds is 24. The number of carbonyl (C=O) groups is 9. The number of nitrogens with one attached hydrogen (secondary N) is 8. The summed E-state index contributed by atoms with van der Waals surface area (Å²) >= 11 is 7.72. The molecule has 0 unspecified atom stereocenters. The van der Waals surface area contributed by atoms with Crippen LogP contribution in [-0.4, -0.2) is 160 Å². The number of thiol groups is 2. The number of carboxylic acids is 1. The number of aliphatic hydroxyl groups excluding tert-OH is 3. The zero-order chi connectivity index (χ0) is 42.5. The summed E-state index contributed by atoms with van der Waals surface area (Å²) < 4.78 is 0. The Kier molecular flexibility index (Phi) is 22.1. The summed E-state index contributed by atoms with van der Waals surface area (Å²) in [6, 6.07) is -3.00. The van der Waals surface area contributed by atoms with Gasteiger partial charge in [0, 0.05) is 17.9 Å². The molecule has 56 heavy (non-hydrogen) atoms. The van der Waals surface area contributed by atoms with Crippen molar-refractivity contribution < 1.29 is 63.6 Å². The van der Waals surface area contributed by atoms with Crippen LogP contribution in [0.3, 0.4) is 0 Å². The monoisotopic (exact) mass is 831 g/mol. The average Bonchev–Trinajstić information content (AvgIpc) is 3.17. The molecule has 0 bridgehead atoms. The van der Waals surface area contributed by atoms with Crippen molar-refractivity contribution in [3.8, 4) is 0 Å². The van der Waals surface area contributed by atoms with E-state index in [1.165, 1.54) is 13.8 Å². The van der Waals surface area contributed by atoms with Crippen LogP contribution in [0.15, 0.2) is 30.3 Å². The highest BCUT2D eigenvalue weighted by molar-refractivity contribution is 7.80. The Labute approximate surface area is 332 Å². The third kappa shape index (κ3) is 16.8. The Hall–Kier alpha value is -5.01. The van der Waals surface area contributed by atoms with E-state index in [0.29, 0.717) is 5.56 Å². The van der Waals surface area contributed by atoms with Gasteiger partial charge in [0.1, 0.15) is 42.3 Å². The predicted molar refractivity (Wildman–Crippen MR) is 203 cm³/mol. The van der Waals surface area contributed by atoms with Gasteiger partial charge >= 0.3 is 5.97 Å². The van der Waals surface area contributed by atoms with E-state index in [1.807, 2.05) is 0 Å². The summed E-state index contributed by atoms with van der Waals surface area (Å²) in [6.07, 6.45) is -0.139. The molecule has 0 saturated carbocycles. The molecule has 22 nitrogen and oxygen atoms in total. The number of aliphatic carboxylic acids is 1. The van der Waals surface area contributed by atoms with Crippen LogP contribution in [0.2, 0.25) is 0 Å². The fraction of sp³-hybridized carbons (Fsp3) is 0.531. The number of hydrogen-bond donors (Lipinski definition) is 15. The molecule has 8 amide bonds. The predicted octanol–water partition coefficient (Wildman–Crippen LogP) is -6.97. The van der Waals surface area contributed by atoms with E-state index in [0.717, 1.165) is 0 Å². The molecule has 14 N–H and O–H groups in total. The van der Waals surface area contributed by atoms with E-state index in [1.54, 1.807) is 30.3 Å². The summed E-state index contributed by atoms with van der Waals surface area (Å²) in [5, 5.41) is 56.2. The van der Waals surface area contributed by atoms with Crippen molar-refractivity contribution >= 4 is 78.5 Å². The number of nitrogens with two attached hydrogens (primary N) is 1. The first kappa shape index (κ1) is 49.0. The Bertz CT molecular complexity index is 1540. The second kappa shape index (κ2) is 25.2. The molecule has 0 fully saturated rings. The van der Waals surface area contributed by atoms with Gasteiger partial charge in [-0.1, -0.05) is 30.3 Å². The van der Waals surface area contributed by atoms with Crippen LogP contribution in [0, 0.1) is 0 Å². The van der Waals surface area contributed by atoms with Crippen molar-refractivity contribution in [2.75, 3.05) is 37.9 Å². The van der Waals surface area contributed by atoms with Gasteiger partial charge in [-0.2, -0.15) is 25.3 Å². The maximum Gasteiger partial charge on any atom is 0.327 e. The van der Waals surface area contributed by atoms with Gasteiger partial charge in [-0.3, -0.25) is 38.4 Å². The smallest absolute Gasteiger partial charge is 0.327 e. The normalized spacial score (nSPS) is 15.1. The quantitative estimate of drug-likeness (QED) is 0.0431. The van der Waals surface area contributed by atoms with Gasteiger partial charge in [-0.05, 0) is 19.4 Å². The molecule has 1 aromatic carbocycles. The minimum Gasteiger partial charge on any atom is -0.480 e. The number of aliphatic hydroxyl groups is 3. The molecule has 0 aliphatic carbocycles. The van der Waals surface area contributed by atoms with Gasteiger partial charge in [-0.15, -0.1) is 0 Å². The van der Waals surface area contributed by atoms with Gasteiger partial charge in [0.15, 0.2) is 0 Å². The van der Waals surface area contributed by atoms with Crippen molar-refractivity contribution in [1.29, 1.82) is 0 Å². The third-order valence-electron chi connectivity index (χ3n) is 7.64. The molecule has 1 rings (SSSR count). The van der Waals surface area contributed by atoms with Gasteiger partial charge in [0.2, 0.25) is 47.3 Å². The number of benzene rings is 1. The van der Waals surface area contributed by atoms with Crippen molar-refractivity contribution in [3.63, 3.8) is 0 Å². The fourth-order valence-electron chi connectivity index (χ4n) is 4.35. The van der Waals surface area contributed by atoms with Crippen LogP contribution in [0.5, 0.6) is 0 Å². The van der Waals surface area contributed by atoms with Gasteiger partial charge in [-0.25, -0.2) is 4.79 Å². The highest BCUT2D eigenvalue weighted by Crippen LogP contribution is 2.05. The fourth-order valence-corrected chi connectivity index (χ4v) is 4.76. The lowest BCUT2D eigenvalue weighted by molar-refractivity contribution is -0.141. The lowest BCUT2D eigenvalue weighted by Gasteiger charge is -2.25. The van der Waals surface area contributed by atoms with Gasteiger partial charge in [0.25, 0.3) is 0 Å². The largest absolute Gasteiger partial charge is 0.480 e. The molecule has 0 aliphatic heterocycles. The molecule has 8 atom stereocenters. The van der Waals surface area contributed by atoms with Crippen molar-refractivity contribution in [2.45, 2.75) is 68.6 Å². The van der Waals surface area contributed by atoms with E-state index in [4.69, 9.17) is 10.8 Å². The Morgan fingerprint density at radius 2 is 1.00 bits per heavy atom. The van der Waals surface area contributed by atoms with Crippen LogP contribution in [0.4, 0.5) is 0 Å². The number of amides is 8. The Morgan fingerprint density at radius 1 is 0.571 bits per heavy atom. The van der Waals surface area contributed by atoms with Crippen LogP contribution in [0.1, 0.15) is 19.4 Å². The van der Waals surface area contributed by atoms with E-state index in [9.17, 15) is 58.5 Å². The van der Waals surface area contributed by atoms with Crippen LogP contribution in [0.25, 0.3) is 0 Å². The first-order valence-corrected chi connectivity index (χ1v) is 18.1. The second-order valence-corrected chi connectivity index (χ2v) is 12.8. The molecule has 24 heteroatoms. The minimum atomic E-state index is -1.73. The first-order valence-electron chi connectivity index (χ1n) is 16.9. The number of carbonyl (C=O) groups excluding carboxylic acids is 8. The zero-order valence-electron chi connectivity index (χ0n) is 30.4. The van der Waals surface area contributed by atoms with E-state index in [2.05, 4.69) is 67.8 Å². The van der Waals surface area contributed by atoms with E-state index in [-0.39, 0.29) is 17.9 Å². The van der Waals surface area contributed by atoms with Crippen LogP contribution >= 0.6 is 25.3 Å². The molecular formula is C32H49N9O13S2. The first-order chi connectivity index (χ1) is 26.4.